The molecule has 3 heteroatoms. The molecule has 0 amide bonds. The molecule has 0 aromatic heterocycles. The van der Waals surface area contributed by atoms with Gasteiger partial charge in [0.15, 0.2) is 0 Å². The Morgan fingerprint density at radius 2 is 1.62 bits per heavy atom. The molecule has 0 fully saturated rings. The Balaban J connectivity index is 2.35. The van der Waals surface area contributed by atoms with E-state index in [-0.39, 0.29) is 4.83 Å². The molecule has 16 heavy (non-hydrogen) atoms. The second-order valence-electron chi connectivity index (χ2n) is 3.44. The van der Waals surface area contributed by atoms with E-state index in [0.29, 0.717) is 0 Å². The smallest absolute Gasteiger partial charge is 0.0654 e. The highest BCUT2D eigenvalue weighted by atomic mass is 127. The monoisotopic (exact) mass is 406 g/mol. The van der Waals surface area contributed by atoms with Gasteiger partial charge >= 0.3 is 0 Å². The van der Waals surface area contributed by atoms with E-state index in [1.807, 2.05) is 30.3 Å². The maximum atomic E-state index is 5.88. The van der Waals surface area contributed by atoms with E-state index in [9.17, 15) is 0 Å². The third-order valence-corrected chi connectivity index (χ3v) is 4.60. The predicted octanol–water partition coefficient (Wildman–Crippen LogP) is 5.43. The van der Waals surface area contributed by atoms with Crippen LogP contribution < -0.4 is 0 Å². The van der Waals surface area contributed by atoms with Crippen molar-refractivity contribution < 1.29 is 0 Å². The summed E-state index contributed by atoms with van der Waals surface area (Å²) in [5.41, 5.74) is 2.50. The van der Waals surface area contributed by atoms with Crippen molar-refractivity contribution in [2.45, 2.75) is 4.83 Å². The second-order valence-corrected chi connectivity index (χ2v) is 5.95. The molecule has 0 bridgehead atoms. The average Bonchev–Trinajstić information content (AvgIpc) is 2.30. The van der Waals surface area contributed by atoms with Crippen LogP contribution in [0.2, 0.25) is 5.02 Å². The molecule has 2 rings (SSSR count). The summed E-state index contributed by atoms with van der Waals surface area (Å²) >= 11 is 12.0. The van der Waals surface area contributed by atoms with E-state index < -0.39 is 0 Å². The van der Waals surface area contributed by atoms with Gasteiger partial charge < -0.3 is 0 Å². The van der Waals surface area contributed by atoms with E-state index >= 15 is 0 Å². The largest absolute Gasteiger partial charge is 0.0843 e. The molecule has 0 saturated carbocycles. The lowest BCUT2D eigenvalue weighted by molar-refractivity contribution is 1.16. The number of hydrogen-bond donors (Lipinski definition) is 0. The Labute approximate surface area is 122 Å². The molecule has 1 atom stereocenters. The Hall–Kier alpha value is -0.0600. The third kappa shape index (κ3) is 2.79. The van der Waals surface area contributed by atoms with Crippen LogP contribution in [0.15, 0.2) is 48.5 Å². The molecule has 0 saturated heterocycles. The van der Waals surface area contributed by atoms with Crippen molar-refractivity contribution >= 4 is 50.1 Å². The summed E-state index contributed by atoms with van der Waals surface area (Å²) in [6, 6.07) is 16.3. The molecule has 0 nitrogen and oxygen atoms in total. The van der Waals surface area contributed by atoms with Crippen molar-refractivity contribution in [3.63, 3.8) is 0 Å². The Morgan fingerprint density at radius 1 is 1.00 bits per heavy atom. The molecule has 0 N–H and O–H groups in total. The predicted molar refractivity (Wildman–Crippen MR) is 81.4 cm³/mol. The van der Waals surface area contributed by atoms with Crippen LogP contribution in [-0.2, 0) is 0 Å². The SMILES string of the molecule is Clc1ccc(C(Br)c2ccccc2I)cc1. The summed E-state index contributed by atoms with van der Waals surface area (Å²) in [5.74, 6) is 0. The van der Waals surface area contributed by atoms with Crippen molar-refractivity contribution in [2.24, 2.45) is 0 Å². The van der Waals surface area contributed by atoms with E-state index in [0.717, 1.165) is 5.02 Å². The molecule has 0 aliphatic rings. The van der Waals surface area contributed by atoms with Gasteiger partial charge in [0.1, 0.15) is 0 Å². The van der Waals surface area contributed by atoms with Crippen LogP contribution in [0.3, 0.4) is 0 Å². The lowest BCUT2D eigenvalue weighted by Crippen LogP contribution is -1.94. The van der Waals surface area contributed by atoms with Crippen molar-refractivity contribution in [1.29, 1.82) is 0 Å². The van der Waals surface area contributed by atoms with E-state index in [1.165, 1.54) is 14.7 Å². The molecule has 0 spiro atoms. The van der Waals surface area contributed by atoms with Gasteiger partial charge in [-0.1, -0.05) is 57.9 Å². The highest BCUT2D eigenvalue weighted by Gasteiger charge is 2.12. The minimum Gasteiger partial charge on any atom is -0.0843 e. The van der Waals surface area contributed by atoms with E-state index in [1.54, 1.807) is 0 Å². The first-order valence-electron chi connectivity index (χ1n) is 4.82. The molecular weight excluding hydrogens is 398 g/mol. The van der Waals surface area contributed by atoms with E-state index in [2.05, 4.69) is 56.7 Å². The topological polar surface area (TPSA) is 0 Å². The number of benzene rings is 2. The highest BCUT2D eigenvalue weighted by Crippen LogP contribution is 2.33. The zero-order chi connectivity index (χ0) is 11.5. The summed E-state index contributed by atoms with van der Waals surface area (Å²) in [7, 11) is 0. The molecule has 0 aliphatic carbocycles. The number of alkyl halides is 1. The minimum absolute atomic E-state index is 0.220. The standard InChI is InChI=1S/C13H9BrClI/c14-13(9-5-7-10(15)8-6-9)11-3-1-2-4-12(11)16/h1-8,13H. The van der Waals surface area contributed by atoms with Crippen LogP contribution in [0.1, 0.15) is 16.0 Å². The zero-order valence-corrected chi connectivity index (χ0v) is 12.8. The van der Waals surface area contributed by atoms with Gasteiger partial charge in [-0.05, 0) is 51.9 Å². The molecule has 0 heterocycles. The Bertz CT molecular complexity index is 482. The molecule has 0 aliphatic heterocycles. The molecule has 2 aromatic carbocycles. The van der Waals surface area contributed by atoms with Crippen molar-refractivity contribution in [3.8, 4) is 0 Å². The quantitative estimate of drug-likeness (QED) is 0.460. The maximum Gasteiger partial charge on any atom is 0.0654 e. The van der Waals surface area contributed by atoms with Crippen molar-refractivity contribution in [3.05, 3.63) is 68.3 Å². The van der Waals surface area contributed by atoms with Crippen molar-refractivity contribution in [2.75, 3.05) is 0 Å². The number of rotatable bonds is 2. The fourth-order valence-corrected chi connectivity index (χ4v) is 3.45. The second kappa shape index (κ2) is 5.52. The molecular formula is C13H9BrClI. The summed E-state index contributed by atoms with van der Waals surface area (Å²) in [5, 5.41) is 0.770. The zero-order valence-electron chi connectivity index (χ0n) is 8.33. The van der Waals surface area contributed by atoms with Crippen LogP contribution in [-0.4, -0.2) is 0 Å². The van der Waals surface area contributed by atoms with Gasteiger partial charge in [0.2, 0.25) is 0 Å². The lowest BCUT2D eigenvalue weighted by Gasteiger charge is -2.12. The van der Waals surface area contributed by atoms with Gasteiger partial charge in [0, 0.05) is 8.59 Å². The average molecular weight is 407 g/mol. The molecule has 82 valence electrons. The minimum atomic E-state index is 0.220. The first-order chi connectivity index (χ1) is 7.68. The van der Waals surface area contributed by atoms with Gasteiger partial charge in [0.25, 0.3) is 0 Å². The normalized spacial score (nSPS) is 12.4. The summed E-state index contributed by atoms with van der Waals surface area (Å²) < 4.78 is 1.26. The van der Waals surface area contributed by atoms with Crippen LogP contribution in [0, 0.1) is 3.57 Å². The molecule has 1 unspecified atom stereocenters. The summed E-state index contributed by atoms with van der Waals surface area (Å²) in [6.45, 7) is 0. The van der Waals surface area contributed by atoms with Crippen LogP contribution in [0.5, 0.6) is 0 Å². The van der Waals surface area contributed by atoms with Gasteiger partial charge in [-0.2, -0.15) is 0 Å². The van der Waals surface area contributed by atoms with Crippen LogP contribution in [0.25, 0.3) is 0 Å². The molecule has 0 radical (unpaired) electrons. The van der Waals surface area contributed by atoms with Crippen molar-refractivity contribution in [1.82, 2.24) is 0 Å². The Morgan fingerprint density at radius 3 is 2.25 bits per heavy atom. The van der Waals surface area contributed by atoms with Crippen LogP contribution >= 0.6 is 50.1 Å². The fraction of sp³-hybridized carbons (Fsp3) is 0.0769. The molecule has 2 aromatic rings. The number of hydrogen-bond acceptors (Lipinski definition) is 0. The van der Waals surface area contributed by atoms with E-state index in [4.69, 9.17) is 11.6 Å². The first-order valence-corrected chi connectivity index (χ1v) is 7.19. The summed E-state index contributed by atoms with van der Waals surface area (Å²) in [4.78, 5) is 0.220. The number of halogens is 3. The fourth-order valence-electron chi connectivity index (χ4n) is 1.49. The lowest BCUT2D eigenvalue weighted by atomic mass is 10.1. The van der Waals surface area contributed by atoms with Gasteiger partial charge in [0.05, 0.1) is 4.83 Å². The van der Waals surface area contributed by atoms with Gasteiger partial charge in [-0.3, -0.25) is 0 Å². The van der Waals surface area contributed by atoms with Gasteiger partial charge in [-0.15, -0.1) is 0 Å². The summed E-state index contributed by atoms with van der Waals surface area (Å²) in [6.07, 6.45) is 0. The highest BCUT2D eigenvalue weighted by molar-refractivity contribution is 14.1. The van der Waals surface area contributed by atoms with Gasteiger partial charge in [-0.25, -0.2) is 0 Å². The van der Waals surface area contributed by atoms with Crippen LogP contribution in [0.4, 0.5) is 0 Å². The first kappa shape index (κ1) is 12.4. The third-order valence-electron chi connectivity index (χ3n) is 2.34. The maximum absolute atomic E-state index is 5.88. The Kier molecular flexibility index (Phi) is 4.27.